The van der Waals surface area contributed by atoms with Crippen LogP contribution in [0.15, 0.2) is 54.2 Å². The van der Waals surface area contributed by atoms with E-state index in [-0.39, 0.29) is 0 Å². The third-order valence-corrected chi connectivity index (χ3v) is 5.46. The summed E-state index contributed by atoms with van der Waals surface area (Å²) in [5.74, 6) is 2.73. The number of benzene rings is 2. The van der Waals surface area contributed by atoms with Crippen LogP contribution < -0.4 is 14.2 Å². The fourth-order valence-corrected chi connectivity index (χ4v) is 3.56. The molecule has 0 aliphatic carbocycles. The van der Waals surface area contributed by atoms with E-state index < -0.39 is 0 Å². The predicted molar refractivity (Wildman–Crippen MR) is 125 cm³/mol. The van der Waals surface area contributed by atoms with E-state index in [4.69, 9.17) is 14.2 Å². The van der Waals surface area contributed by atoms with Crippen molar-refractivity contribution >= 4 is 28.8 Å². The van der Waals surface area contributed by atoms with Crippen molar-refractivity contribution in [3.05, 3.63) is 63.7 Å². The van der Waals surface area contributed by atoms with Gasteiger partial charge in [-0.25, -0.2) is 4.68 Å². The molecular weight excluding hydrogens is 495 g/mol. The molecule has 30 heavy (non-hydrogen) atoms. The van der Waals surface area contributed by atoms with Crippen LogP contribution >= 0.6 is 22.6 Å². The number of hydrogen-bond acceptors (Lipinski definition) is 6. The maximum Gasteiger partial charge on any atom is 0.174 e. The first-order chi connectivity index (χ1) is 14.6. The molecule has 158 valence electrons. The van der Waals surface area contributed by atoms with Gasteiger partial charge in [0.2, 0.25) is 0 Å². The van der Waals surface area contributed by atoms with Crippen molar-refractivity contribution in [1.82, 2.24) is 14.9 Å². The maximum absolute atomic E-state index is 5.94. The second-order valence-corrected chi connectivity index (χ2v) is 7.86. The molecule has 8 heteroatoms. The summed E-state index contributed by atoms with van der Waals surface area (Å²) >= 11 is 2.23. The molecule has 0 aliphatic rings. The molecular formula is C22H25IN4O3. The van der Waals surface area contributed by atoms with Gasteiger partial charge in [0, 0.05) is 0 Å². The average Bonchev–Trinajstić information content (AvgIpc) is 3.29. The number of ether oxygens (including phenoxy) is 3. The van der Waals surface area contributed by atoms with Gasteiger partial charge in [0.15, 0.2) is 11.5 Å². The SMILES string of the molecule is CCC(C)c1ccc(OCCOc2c(I)cc(/C=N/n3cnnc3)cc2OC)cc1. The highest BCUT2D eigenvalue weighted by Crippen LogP contribution is 2.33. The molecule has 0 N–H and O–H groups in total. The minimum Gasteiger partial charge on any atom is -0.493 e. The van der Waals surface area contributed by atoms with Gasteiger partial charge in [0.1, 0.15) is 31.6 Å². The van der Waals surface area contributed by atoms with Crippen LogP contribution in [0.3, 0.4) is 0 Å². The van der Waals surface area contributed by atoms with E-state index in [0.717, 1.165) is 21.3 Å². The highest BCUT2D eigenvalue weighted by atomic mass is 127. The third kappa shape index (κ3) is 5.94. The van der Waals surface area contributed by atoms with Crippen LogP contribution in [0, 0.1) is 3.57 Å². The molecule has 1 atom stereocenters. The molecule has 0 bridgehead atoms. The molecule has 0 spiro atoms. The zero-order valence-electron chi connectivity index (χ0n) is 17.3. The summed E-state index contributed by atoms with van der Waals surface area (Å²) in [6.45, 7) is 5.27. The maximum atomic E-state index is 5.94. The Hall–Kier alpha value is -2.62. The lowest BCUT2D eigenvalue weighted by atomic mass is 9.99. The lowest BCUT2D eigenvalue weighted by molar-refractivity contribution is 0.210. The van der Waals surface area contributed by atoms with E-state index in [9.17, 15) is 0 Å². The van der Waals surface area contributed by atoms with Crippen LogP contribution in [-0.2, 0) is 0 Å². The number of aromatic nitrogens is 3. The number of rotatable bonds is 10. The van der Waals surface area contributed by atoms with Crippen molar-refractivity contribution < 1.29 is 14.2 Å². The van der Waals surface area contributed by atoms with Crippen molar-refractivity contribution in [3.63, 3.8) is 0 Å². The van der Waals surface area contributed by atoms with E-state index >= 15 is 0 Å². The number of halogens is 1. The van der Waals surface area contributed by atoms with E-state index in [1.165, 1.54) is 22.9 Å². The number of nitrogens with zero attached hydrogens (tertiary/aromatic N) is 4. The van der Waals surface area contributed by atoms with Gasteiger partial charge in [0.05, 0.1) is 16.9 Å². The highest BCUT2D eigenvalue weighted by molar-refractivity contribution is 14.1. The van der Waals surface area contributed by atoms with Gasteiger partial charge in [0.25, 0.3) is 0 Å². The summed E-state index contributed by atoms with van der Waals surface area (Å²) in [5.41, 5.74) is 2.21. The van der Waals surface area contributed by atoms with Crippen molar-refractivity contribution in [1.29, 1.82) is 0 Å². The molecule has 7 nitrogen and oxygen atoms in total. The largest absolute Gasteiger partial charge is 0.493 e. The van der Waals surface area contributed by atoms with Crippen molar-refractivity contribution in [2.75, 3.05) is 20.3 Å². The topological polar surface area (TPSA) is 70.8 Å². The summed E-state index contributed by atoms with van der Waals surface area (Å²) < 4.78 is 19.7. The van der Waals surface area contributed by atoms with Crippen molar-refractivity contribution in [2.45, 2.75) is 26.2 Å². The normalized spacial score (nSPS) is 12.1. The molecule has 3 aromatic rings. The Balaban J connectivity index is 1.57. The summed E-state index contributed by atoms with van der Waals surface area (Å²) in [6, 6.07) is 12.1. The second-order valence-electron chi connectivity index (χ2n) is 6.70. The van der Waals surface area contributed by atoms with E-state index in [0.29, 0.717) is 30.6 Å². The Morgan fingerprint density at radius 1 is 1.10 bits per heavy atom. The van der Waals surface area contributed by atoms with Crippen LogP contribution in [0.5, 0.6) is 17.2 Å². The van der Waals surface area contributed by atoms with E-state index in [2.05, 4.69) is 63.9 Å². The molecule has 1 unspecified atom stereocenters. The molecule has 1 heterocycles. The standard InChI is InChI=1S/C22H25IN4O3/c1-4-16(2)18-5-7-19(8-6-18)29-9-10-30-22-20(23)11-17(12-21(22)28-3)13-26-27-14-24-25-15-27/h5-8,11-16H,4,9-10H2,1-3H3/b26-13+. The van der Waals surface area contributed by atoms with Crippen LogP contribution in [0.4, 0.5) is 0 Å². The fourth-order valence-electron chi connectivity index (χ4n) is 2.77. The van der Waals surface area contributed by atoms with E-state index in [1.54, 1.807) is 13.3 Å². The number of hydrogen-bond donors (Lipinski definition) is 0. The van der Waals surface area contributed by atoms with Gasteiger partial charge in [-0.1, -0.05) is 26.0 Å². The summed E-state index contributed by atoms with van der Waals surface area (Å²) in [4.78, 5) is 0. The lowest BCUT2D eigenvalue weighted by Gasteiger charge is -2.14. The summed E-state index contributed by atoms with van der Waals surface area (Å²) in [5, 5.41) is 11.7. The Kier molecular flexibility index (Phi) is 8.06. The highest BCUT2D eigenvalue weighted by Gasteiger charge is 2.11. The van der Waals surface area contributed by atoms with Gasteiger partial charge in [-0.05, 0) is 70.3 Å². The zero-order valence-corrected chi connectivity index (χ0v) is 19.4. The van der Waals surface area contributed by atoms with Crippen LogP contribution in [0.2, 0.25) is 0 Å². The first-order valence-electron chi connectivity index (χ1n) is 9.72. The molecule has 3 rings (SSSR count). The molecule has 0 radical (unpaired) electrons. The monoisotopic (exact) mass is 520 g/mol. The fraction of sp³-hybridized carbons (Fsp3) is 0.318. The Bertz CT molecular complexity index is 959. The molecule has 0 fully saturated rings. The van der Waals surface area contributed by atoms with Crippen LogP contribution in [0.25, 0.3) is 0 Å². The van der Waals surface area contributed by atoms with Gasteiger partial charge < -0.3 is 14.2 Å². The third-order valence-electron chi connectivity index (χ3n) is 4.66. The Morgan fingerprint density at radius 2 is 1.80 bits per heavy atom. The molecule has 0 amide bonds. The predicted octanol–water partition coefficient (Wildman–Crippen LogP) is 4.74. The Morgan fingerprint density at radius 3 is 2.47 bits per heavy atom. The molecule has 2 aromatic carbocycles. The zero-order chi connectivity index (χ0) is 21.3. The molecule has 0 saturated carbocycles. The van der Waals surface area contributed by atoms with Crippen molar-refractivity contribution in [3.8, 4) is 17.2 Å². The van der Waals surface area contributed by atoms with Gasteiger partial charge in [-0.3, -0.25) is 0 Å². The summed E-state index contributed by atoms with van der Waals surface area (Å²) in [6.07, 6.45) is 5.88. The second kappa shape index (κ2) is 11.0. The smallest absolute Gasteiger partial charge is 0.174 e. The quantitative estimate of drug-likeness (QED) is 0.219. The number of methoxy groups -OCH3 is 1. The summed E-state index contributed by atoms with van der Waals surface area (Å²) in [7, 11) is 1.62. The van der Waals surface area contributed by atoms with Gasteiger partial charge in [-0.2, -0.15) is 5.10 Å². The van der Waals surface area contributed by atoms with Crippen LogP contribution in [-0.4, -0.2) is 41.4 Å². The molecule has 1 aromatic heterocycles. The minimum atomic E-state index is 0.410. The van der Waals surface area contributed by atoms with E-state index in [1.807, 2.05) is 24.3 Å². The van der Waals surface area contributed by atoms with Crippen LogP contribution in [0.1, 0.15) is 37.3 Å². The lowest BCUT2D eigenvalue weighted by Crippen LogP contribution is -2.10. The van der Waals surface area contributed by atoms with Gasteiger partial charge in [-0.15, -0.1) is 10.2 Å². The first kappa shape index (κ1) is 22.1. The average molecular weight is 520 g/mol. The Labute approximate surface area is 190 Å². The van der Waals surface area contributed by atoms with Crippen molar-refractivity contribution in [2.24, 2.45) is 5.10 Å². The molecule has 0 saturated heterocycles. The first-order valence-corrected chi connectivity index (χ1v) is 10.8. The minimum absolute atomic E-state index is 0.410. The van der Waals surface area contributed by atoms with Gasteiger partial charge >= 0.3 is 0 Å². The molecule has 0 aliphatic heterocycles.